The van der Waals surface area contributed by atoms with E-state index in [2.05, 4.69) is 17.6 Å². The van der Waals surface area contributed by atoms with E-state index in [4.69, 9.17) is 0 Å². The minimum absolute atomic E-state index is 0.112. The summed E-state index contributed by atoms with van der Waals surface area (Å²) in [5.74, 6) is -0.280. The van der Waals surface area contributed by atoms with Gasteiger partial charge in [0, 0.05) is 23.7 Å². The third-order valence-corrected chi connectivity index (χ3v) is 3.52. The minimum atomic E-state index is -0.239. The molecule has 0 saturated carbocycles. The van der Waals surface area contributed by atoms with Crippen molar-refractivity contribution in [1.82, 2.24) is 5.32 Å². The summed E-state index contributed by atoms with van der Waals surface area (Å²) in [5, 5.41) is 5.71. The van der Waals surface area contributed by atoms with Crippen LogP contribution >= 0.6 is 0 Å². The van der Waals surface area contributed by atoms with Gasteiger partial charge < -0.3 is 10.6 Å². The van der Waals surface area contributed by atoms with Crippen LogP contribution in [0.2, 0.25) is 0 Å². The summed E-state index contributed by atoms with van der Waals surface area (Å²) in [6.07, 6.45) is 1.15. The highest BCUT2D eigenvalue weighted by atomic mass is 16.2. The Labute approximate surface area is 136 Å². The fourth-order valence-electron chi connectivity index (χ4n) is 2.31. The predicted octanol–water partition coefficient (Wildman–Crippen LogP) is 3.40. The highest BCUT2D eigenvalue weighted by Gasteiger charge is 2.13. The molecule has 2 rings (SSSR count). The second kappa shape index (κ2) is 8.13. The first-order valence-electron chi connectivity index (χ1n) is 7.83. The molecule has 0 saturated heterocycles. The van der Waals surface area contributed by atoms with Gasteiger partial charge in [0.15, 0.2) is 0 Å². The number of nitrogens with one attached hydrogen (secondary N) is 2. The largest absolute Gasteiger partial charge is 0.349 e. The topological polar surface area (TPSA) is 58.2 Å². The second-order valence-corrected chi connectivity index (χ2v) is 5.55. The van der Waals surface area contributed by atoms with E-state index in [1.54, 1.807) is 12.1 Å². The molecule has 1 unspecified atom stereocenters. The van der Waals surface area contributed by atoms with Crippen LogP contribution < -0.4 is 10.6 Å². The van der Waals surface area contributed by atoms with E-state index >= 15 is 0 Å². The quantitative estimate of drug-likeness (QED) is 0.859. The van der Waals surface area contributed by atoms with Crippen molar-refractivity contribution in [3.63, 3.8) is 0 Å². The molecule has 0 bridgehead atoms. The summed E-state index contributed by atoms with van der Waals surface area (Å²) >= 11 is 0. The van der Waals surface area contributed by atoms with Crippen LogP contribution in [0, 0.1) is 0 Å². The maximum Gasteiger partial charge on any atom is 0.251 e. The first kappa shape index (κ1) is 16.7. The lowest BCUT2D eigenvalue weighted by Crippen LogP contribution is -2.35. The zero-order valence-corrected chi connectivity index (χ0v) is 13.5. The van der Waals surface area contributed by atoms with E-state index in [1.807, 2.05) is 49.4 Å². The highest BCUT2D eigenvalue weighted by molar-refractivity contribution is 5.95. The Kier molecular flexibility index (Phi) is 5.92. The van der Waals surface area contributed by atoms with Gasteiger partial charge in [-0.3, -0.25) is 9.59 Å². The van der Waals surface area contributed by atoms with Crippen molar-refractivity contribution in [3.05, 3.63) is 65.7 Å². The van der Waals surface area contributed by atoms with E-state index in [-0.39, 0.29) is 24.3 Å². The number of benzene rings is 2. The number of rotatable bonds is 6. The monoisotopic (exact) mass is 310 g/mol. The van der Waals surface area contributed by atoms with Gasteiger partial charge in [-0.25, -0.2) is 0 Å². The molecule has 120 valence electrons. The van der Waals surface area contributed by atoms with E-state index in [9.17, 15) is 9.59 Å². The summed E-state index contributed by atoms with van der Waals surface area (Å²) in [5.41, 5.74) is 2.56. The Balaban J connectivity index is 1.86. The normalized spacial score (nSPS) is 11.6. The summed E-state index contributed by atoms with van der Waals surface area (Å²) < 4.78 is 0. The molecule has 2 aromatic carbocycles. The van der Waals surface area contributed by atoms with Gasteiger partial charge in [-0.05, 0) is 43.2 Å². The zero-order chi connectivity index (χ0) is 16.7. The van der Waals surface area contributed by atoms with Gasteiger partial charge in [0.2, 0.25) is 5.91 Å². The number of carbonyl (C=O) groups excluding carboxylic acids is 2. The molecule has 2 amide bonds. The summed E-state index contributed by atoms with van der Waals surface area (Å²) in [4.78, 5) is 24.1. The molecule has 0 aliphatic rings. The lowest BCUT2D eigenvalue weighted by Gasteiger charge is -2.14. The summed E-state index contributed by atoms with van der Waals surface area (Å²) in [7, 11) is 0. The highest BCUT2D eigenvalue weighted by Crippen LogP contribution is 2.11. The second-order valence-electron chi connectivity index (χ2n) is 5.55. The van der Waals surface area contributed by atoms with E-state index < -0.39 is 0 Å². The molecule has 0 heterocycles. The first-order valence-corrected chi connectivity index (χ1v) is 7.83. The van der Waals surface area contributed by atoms with Gasteiger partial charge in [0.25, 0.3) is 5.91 Å². The molecule has 0 radical (unpaired) electrons. The van der Waals surface area contributed by atoms with Gasteiger partial charge in [-0.2, -0.15) is 0 Å². The third kappa shape index (κ3) is 5.25. The third-order valence-electron chi connectivity index (χ3n) is 3.52. The molecule has 1 atom stereocenters. The molecule has 0 aliphatic carbocycles. The molecule has 23 heavy (non-hydrogen) atoms. The first-order chi connectivity index (χ1) is 11.1. The number of hydrogen-bond acceptors (Lipinski definition) is 2. The molecule has 2 aromatic rings. The SMILES string of the molecule is CCc1cccc(NC(=O)CC(C)NC(=O)c2ccccc2)c1. The Morgan fingerprint density at radius 3 is 2.48 bits per heavy atom. The maximum absolute atomic E-state index is 12.1. The van der Waals surface area contributed by atoms with Crippen molar-refractivity contribution in [2.75, 3.05) is 5.32 Å². The van der Waals surface area contributed by atoms with Gasteiger partial charge in [0.05, 0.1) is 0 Å². The van der Waals surface area contributed by atoms with Crippen molar-refractivity contribution in [1.29, 1.82) is 0 Å². The maximum atomic E-state index is 12.1. The molecular weight excluding hydrogens is 288 g/mol. The predicted molar refractivity (Wildman–Crippen MR) is 92.4 cm³/mol. The van der Waals surface area contributed by atoms with Crippen LogP contribution in [0.3, 0.4) is 0 Å². The Hall–Kier alpha value is -2.62. The van der Waals surface area contributed by atoms with Gasteiger partial charge >= 0.3 is 0 Å². The van der Waals surface area contributed by atoms with Crippen molar-refractivity contribution in [3.8, 4) is 0 Å². The smallest absolute Gasteiger partial charge is 0.251 e. The number of amides is 2. The van der Waals surface area contributed by atoms with Crippen LogP contribution in [0.1, 0.15) is 36.2 Å². The number of anilines is 1. The van der Waals surface area contributed by atoms with Crippen LogP contribution in [0.25, 0.3) is 0 Å². The van der Waals surface area contributed by atoms with E-state index in [1.165, 1.54) is 5.56 Å². The van der Waals surface area contributed by atoms with Gasteiger partial charge in [-0.1, -0.05) is 37.3 Å². The summed E-state index contributed by atoms with van der Waals surface area (Å²) in [6, 6.07) is 16.5. The Morgan fingerprint density at radius 2 is 1.78 bits per heavy atom. The molecule has 4 nitrogen and oxygen atoms in total. The molecule has 0 aromatic heterocycles. The average Bonchev–Trinajstić information content (AvgIpc) is 2.55. The fraction of sp³-hybridized carbons (Fsp3) is 0.263. The van der Waals surface area contributed by atoms with Crippen LogP contribution in [0.5, 0.6) is 0 Å². The van der Waals surface area contributed by atoms with Crippen molar-refractivity contribution >= 4 is 17.5 Å². The van der Waals surface area contributed by atoms with Gasteiger partial charge in [-0.15, -0.1) is 0 Å². The molecular formula is C19H22N2O2. The van der Waals surface area contributed by atoms with Crippen molar-refractivity contribution in [2.45, 2.75) is 32.7 Å². The van der Waals surface area contributed by atoms with Crippen LogP contribution in [-0.2, 0) is 11.2 Å². The standard InChI is InChI=1S/C19H22N2O2/c1-3-15-8-7-11-17(13-15)21-18(22)12-14(2)20-19(23)16-9-5-4-6-10-16/h4-11,13-14H,3,12H2,1-2H3,(H,20,23)(H,21,22). The average molecular weight is 310 g/mol. The van der Waals surface area contributed by atoms with Crippen molar-refractivity contribution in [2.24, 2.45) is 0 Å². The number of aryl methyl sites for hydroxylation is 1. The molecule has 2 N–H and O–H groups in total. The molecule has 0 aliphatic heterocycles. The zero-order valence-electron chi connectivity index (χ0n) is 13.5. The molecule has 4 heteroatoms. The van der Waals surface area contributed by atoms with Crippen molar-refractivity contribution < 1.29 is 9.59 Å². The number of carbonyl (C=O) groups is 2. The number of hydrogen-bond donors (Lipinski definition) is 2. The molecule has 0 spiro atoms. The lowest BCUT2D eigenvalue weighted by atomic mass is 10.1. The van der Waals surface area contributed by atoms with E-state index in [0.717, 1.165) is 12.1 Å². The van der Waals surface area contributed by atoms with E-state index in [0.29, 0.717) is 5.56 Å². The lowest BCUT2D eigenvalue weighted by molar-refractivity contribution is -0.116. The fourth-order valence-corrected chi connectivity index (χ4v) is 2.31. The minimum Gasteiger partial charge on any atom is -0.349 e. The summed E-state index contributed by atoms with van der Waals surface area (Å²) in [6.45, 7) is 3.89. The Bertz CT molecular complexity index is 668. The van der Waals surface area contributed by atoms with Gasteiger partial charge in [0.1, 0.15) is 0 Å². The van der Waals surface area contributed by atoms with Crippen LogP contribution in [0.4, 0.5) is 5.69 Å². The van der Waals surface area contributed by atoms with Crippen LogP contribution in [-0.4, -0.2) is 17.9 Å². The van der Waals surface area contributed by atoms with Crippen LogP contribution in [0.15, 0.2) is 54.6 Å². The molecule has 0 fully saturated rings. The Morgan fingerprint density at radius 1 is 1.04 bits per heavy atom.